The molecule has 3 heterocycles. The molecule has 0 saturated carbocycles. The Morgan fingerprint density at radius 1 is 1.48 bits per heavy atom. The normalized spacial score (nSPS) is 19.0. The second-order valence-corrected chi connectivity index (χ2v) is 6.57. The summed E-state index contributed by atoms with van der Waals surface area (Å²) in [5.41, 5.74) is 2.00. The lowest BCUT2D eigenvalue weighted by molar-refractivity contribution is -0.119. The topological polar surface area (TPSA) is 71.3 Å². The molecule has 1 unspecified atom stereocenters. The van der Waals surface area contributed by atoms with Crippen molar-refractivity contribution in [2.24, 2.45) is 0 Å². The van der Waals surface area contributed by atoms with Crippen molar-refractivity contribution < 1.29 is 4.79 Å². The zero-order valence-electron chi connectivity index (χ0n) is 12.7. The minimum absolute atomic E-state index is 0.00270. The van der Waals surface area contributed by atoms with Gasteiger partial charge in [0.1, 0.15) is 5.52 Å². The average molecular weight is 287 g/mol. The Morgan fingerprint density at radius 3 is 2.95 bits per heavy atom. The van der Waals surface area contributed by atoms with Gasteiger partial charge in [0, 0.05) is 36.8 Å². The number of amides is 1. The van der Waals surface area contributed by atoms with Gasteiger partial charge in [-0.25, -0.2) is 9.50 Å². The van der Waals surface area contributed by atoms with Gasteiger partial charge < -0.3 is 10.6 Å². The highest BCUT2D eigenvalue weighted by atomic mass is 16.1. The number of hydrogen-bond acceptors (Lipinski definition) is 4. The molecule has 1 aliphatic heterocycles. The quantitative estimate of drug-likeness (QED) is 0.901. The van der Waals surface area contributed by atoms with E-state index in [2.05, 4.69) is 47.6 Å². The number of nitrogens with one attached hydrogen (secondary N) is 2. The van der Waals surface area contributed by atoms with Gasteiger partial charge in [-0.05, 0) is 12.5 Å². The fourth-order valence-electron chi connectivity index (χ4n) is 2.48. The first kappa shape index (κ1) is 13.9. The first-order valence-electron chi connectivity index (χ1n) is 7.31. The molecule has 0 radical (unpaired) electrons. The fraction of sp³-hybridized carbons (Fsp3) is 0.533. The van der Waals surface area contributed by atoms with Crippen molar-refractivity contribution in [3.8, 4) is 0 Å². The van der Waals surface area contributed by atoms with Crippen LogP contribution in [-0.2, 0) is 10.2 Å². The standard InChI is InChI=1S/C15H21N5O/c1-15(2,3)12-8-11-14(16-6-7-20(11)19-12)17-9-10-4-5-13(21)18-10/h6-8,10H,4-5,9H2,1-3H3,(H,16,17)(H,18,21). The van der Waals surface area contributed by atoms with E-state index in [9.17, 15) is 4.79 Å². The van der Waals surface area contributed by atoms with E-state index in [1.807, 2.05) is 10.7 Å². The van der Waals surface area contributed by atoms with Gasteiger partial charge in [-0.3, -0.25) is 4.79 Å². The Balaban J connectivity index is 1.81. The number of nitrogens with zero attached hydrogens (tertiary/aromatic N) is 3. The molecule has 2 aromatic heterocycles. The summed E-state index contributed by atoms with van der Waals surface area (Å²) in [4.78, 5) is 15.6. The van der Waals surface area contributed by atoms with Crippen LogP contribution < -0.4 is 10.6 Å². The molecule has 0 bridgehead atoms. The van der Waals surface area contributed by atoms with E-state index < -0.39 is 0 Å². The lowest BCUT2D eigenvalue weighted by Crippen LogP contribution is -2.32. The predicted molar refractivity (Wildman–Crippen MR) is 81.3 cm³/mol. The fourth-order valence-corrected chi connectivity index (χ4v) is 2.48. The summed E-state index contributed by atoms with van der Waals surface area (Å²) in [6.07, 6.45) is 5.08. The monoisotopic (exact) mass is 287 g/mol. The number of anilines is 1. The average Bonchev–Trinajstić information content (AvgIpc) is 3.01. The Labute approximate surface area is 123 Å². The molecule has 1 atom stereocenters. The molecule has 112 valence electrons. The van der Waals surface area contributed by atoms with Gasteiger partial charge in [0.2, 0.25) is 5.91 Å². The Hall–Kier alpha value is -2.11. The molecule has 1 aliphatic rings. The van der Waals surface area contributed by atoms with E-state index in [0.717, 1.165) is 23.4 Å². The summed E-state index contributed by atoms with van der Waals surface area (Å²) in [6, 6.07) is 2.26. The van der Waals surface area contributed by atoms with Crippen LogP contribution in [0.15, 0.2) is 18.5 Å². The highest BCUT2D eigenvalue weighted by Gasteiger charge is 2.22. The third-order valence-electron chi connectivity index (χ3n) is 3.76. The maximum atomic E-state index is 11.2. The van der Waals surface area contributed by atoms with Gasteiger partial charge >= 0.3 is 0 Å². The van der Waals surface area contributed by atoms with Crippen molar-refractivity contribution in [2.45, 2.75) is 45.1 Å². The molecule has 0 aromatic carbocycles. The smallest absolute Gasteiger partial charge is 0.220 e. The van der Waals surface area contributed by atoms with E-state index in [-0.39, 0.29) is 17.4 Å². The summed E-state index contributed by atoms with van der Waals surface area (Å²) in [5.74, 6) is 0.939. The number of carbonyl (C=O) groups excluding carboxylic acids is 1. The molecular formula is C15H21N5O. The highest BCUT2D eigenvalue weighted by Crippen LogP contribution is 2.24. The minimum Gasteiger partial charge on any atom is -0.366 e. The SMILES string of the molecule is CC(C)(C)c1cc2c(NCC3CCC(=O)N3)nccn2n1. The van der Waals surface area contributed by atoms with Gasteiger partial charge in [-0.1, -0.05) is 20.8 Å². The molecule has 1 saturated heterocycles. The van der Waals surface area contributed by atoms with E-state index in [1.165, 1.54) is 0 Å². The maximum Gasteiger partial charge on any atom is 0.220 e. The second-order valence-electron chi connectivity index (χ2n) is 6.57. The third-order valence-corrected chi connectivity index (χ3v) is 3.76. The molecule has 1 amide bonds. The molecule has 2 N–H and O–H groups in total. The van der Waals surface area contributed by atoms with Crippen LogP contribution in [0.25, 0.3) is 5.52 Å². The first-order chi connectivity index (χ1) is 9.93. The van der Waals surface area contributed by atoms with E-state index in [1.54, 1.807) is 6.20 Å². The van der Waals surface area contributed by atoms with Gasteiger partial charge in [0.15, 0.2) is 5.82 Å². The Kier molecular flexibility index (Phi) is 3.31. The van der Waals surface area contributed by atoms with Crippen molar-refractivity contribution in [1.82, 2.24) is 19.9 Å². The van der Waals surface area contributed by atoms with Gasteiger partial charge in [-0.2, -0.15) is 5.10 Å². The van der Waals surface area contributed by atoms with Crippen LogP contribution in [-0.4, -0.2) is 33.1 Å². The van der Waals surface area contributed by atoms with Gasteiger partial charge in [-0.15, -0.1) is 0 Å². The highest BCUT2D eigenvalue weighted by molar-refractivity contribution is 5.78. The molecule has 3 rings (SSSR count). The first-order valence-corrected chi connectivity index (χ1v) is 7.31. The third kappa shape index (κ3) is 2.84. The summed E-state index contributed by atoms with van der Waals surface area (Å²) >= 11 is 0. The predicted octanol–water partition coefficient (Wildman–Crippen LogP) is 1.72. The molecule has 0 aliphatic carbocycles. The summed E-state index contributed by atoms with van der Waals surface area (Å²) in [5, 5.41) is 10.9. The largest absolute Gasteiger partial charge is 0.366 e. The van der Waals surface area contributed by atoms with Crippen molar-refractivity contribution in [1.29, 1.82) is 0 Å². The molecule has 21 heavy (non-hydrogen) atoms. The second kappa shape index (κ2) is 5.02. The van der Waals surface area contributed by atoms with Crippen LogP contribution in [0.5, 0.6) is 0 Å². The number of aromatic nitrogens is 3. The molecule has 0 spiro atoms. The van der Waals surface area contributed by atoms with Crippen molar-refractivity contribution >= 4 is 17.2 Å². The molecule has 2 aromatic rings. The Bertz CT molecular complexity index is 670. The van der Waals surface area contributed by atoms with Crippen LogP contribution in [0.2, 0.25) is 0 Å². The van der Waals surface area contributed by atoms with E-state index in [0.29, 0.717) is 13.0 Å². The maximum absolute atomic E-state index is 11.2. The van der Waals surface area contributed by atoms with Crippen LogP contribution in [0.4, 0.5) is 5.82 Å². The van der Waals surface area contributed by atoms with Gasteiger partial charge in [0.25, 0.3) is 0 Å². The van der Waals surface area contributed by atoms with E-state index >= 15 is 0 Å². The molecule has 6 heteroatoms. The lowest BCUT2D eigenvalue weighted by atomic mass is 9.92. The Morgan fingerprint density at radius 2 is 2.29 bits per heavy atom. The molecular weight excluding hydrogens is 266 g/mol. The zero-order chi connectivity index (χ0) is 15.0. The van der Waals surface area contributed by atoms with Crippen LogP contribution in [0, 0.1) is 0 Å². The summed E-state index contributed by atoms with van der Waals surface area (Å²) < 4.78 is 1.85. The molecule has 6 nitrogen and oxygen atoms in total. The number of carbonyl (C=O) groups is 1. The van der Waals surface area contributed by atoms with Crippen molar-refractivity contribution in [3.05, 3.63) is 24.2 Å². The van der Waals surface area contributed by atoms with Gasteiger partial charge in [0.05, 0.1) is 5.69 Å². The number of rotatable bonds is 3. The van der Waals surface area contributed by atoms with Crippen LogP contribution in [0.3, 0.4) is 0 Å². The zero-order valence-corrected chi connectivity index (χ0v) is 12.7. The lowest BCUT2D eigenvalue weighted by Gasteiger charge is -2.13. The molecule has 1 fully saturated rings. The summed E-state index contributed by atoms with van der Waals surface area (Å²) in [6.45, 7) is 7.12. The van der Waals surface area contributed by atoms with E-state index in [4.69, 9.17) is 0 Å². The van der Waals surface area contributed by atoms with Crippen LogP contribution >= 0.6 is 0 Å². The van der Waals surface area contributed by atoms with Crippen LogP contribution in [0.1, 0.15) is 39.3 Å². The van der Waals surface area contributed by atoms with Crippen molar-refractivity contribution in [3.63, 3.8) is 0 Å². The number of hydrogen-bond donors (Lipinski definition) is 2. The summed E-state index contributed by atoms with van der Waals surface area (Å²) in [7, 11) is 0. The minimum atomic E-state index is 0.00270. The number of fused-ring (bicyclic) bond motifs is 1. The van der Waals surface area contributed by atoms with Crippen molar-refractivity contribution in [2.75, 3.05) is 11.9 Å².